The largest absolute Gasteiger partial charge is 0.492 e. The number of benzene rings is 1. The number of carbonyl (C=O) groups excluding carboxylic acids is 1. The van der Waals surface area contributed by atoms with Crippen molar-refractivity contribution in [1.29, 1.82) is 0 Å². The van der Waals surface area contributed by atoms with Gasteiger partial charge in [0, 0.05) is 17.7 Å². The van der Waals surface area contributed by atoms with Gasteiger partial charge in [-0.25, -0.2) is 0 Å². The van der Waals surface area contributed by atoms with Gasteiger partial charge in [-0.1, -0.05) is 12.1 Å². The first-order valence-corrected chi connectivity index (χ1v) is 7.31. The number of carbonyl (C=O) groups is 1. The van der Waals surface area contributed by atoms with E-state index in [0.29, 0.717) is 17.9 Å². The first-order valence-electron chi connectivity index (χ1n) is 7.31. The maximum Gasteiger partial charge on any atom is 0.250 e. The molecule has 1 aromatic carbocycles. The lowest BCUT2D eigenvalue weighted by atomic mass is 9.99. The number of nitrogens with zero attached hydrogens (tertiary/aromatic N) is 1. The van der Waals surface area contributed by atoms with Gasteiger partial charge in [-0.05, 0) is 42.5 Å². The molecule has 2 aromatic rings. The van der Waals surface area contributed by atoms with Crippen LogP contribution in [0.4, 0.5) is 0 Å². The van der Waals surface area contributed by atoms with Crippen LogP contribution in [0.5, 0.6) is 5.75 Å². The molecule has 0 bridgehead atoms. The van der Waals surface area contributed by atoms with Crippen LogP contribution < -0.4 is 10.5 Å². The van der Waals surface area contributed by atoms with E-state index in [0.717, 1.165) is 48.3 Å². The van der Waals surface area contributed by atoms with E-state index in [4.69, 9.17) is 15.5 Å². The number of ether oxygens (including phenoxy) is 1. The lowest BCUT2D eigenvalue weighted by Gasteiger charge is -2.12. The van der Waals surface area contributed by atoms with Gasteiger partial charge in [0.25, 0.3) is 5.91 Å². The molecular formula is C17H16N2O2. The highest BCUT2D eigenvalue weighted by Crippen LogP contribution is 2.38. The van der Waals surface area contributed by atoms with Crippen molar-refractivity contribution in [2.24, 2.45) is 5.73 Å². The maximum absolute atomic E-state index is 11.8. The molecule has 0 saturated carbocycles. The second-order valence-electron chi connectivity index (χ2n) is 5.60. The zero-order chi connectivity index (χ0) is 14.4. The maximum atomic E-state index is 11.8. The molecule has 106 valence electrons. The molecule has 1 aromatic heterocycles. The van der Waals surface area contributed by atoms with Gasteiger partial charge in [-0.2, -0.15) is 0 Å². The number of para-hydroxylation sites is 1. The Labute approximate surface area is 123 Å². The van der Waals surface area contributed by atoms with Gasteiger partial charge in [-0.3, -0.25) is 9.78 Å². The minimum Gasteiger partial charge on any atom is -0.492 e. The second-order valence-corrected chi connectivity index (χ2v) is 5.60. The van der Waals surface area contributed by atoms with Crippen LogP contribution in [-0.2, 0) is 19.3 Å². The zero-order valence-electron chi connectivity index (χ0n) is 11.7. The number of aromatic nitrogens is 1. The lowest BCUT2D eigenvalue weighted by Crippen LogP contribution is -2.14. The van der Waals surface area contributed by atoms with E-state index >= 15 is 0 Å². The Balaban J connectivity index is 1.96. The summed E-state index contributed by atoms with van der Waals surface area (Å²) < 4.78 is 5.75. The molecule has 2 N–H and O–H groups in total. The van der Waals surface area contributed by atoms with Crippen LogP contribution in [0.15, 0.2) is 24.3 Å². The van der Waals surface area contributed by atoms with Gasteiger partial charge >= 0.3 is 0 Å². The van der Waals surface area contributed by atoms with Crippen LogP contribution in [0.3, 0.4) is 0 Å². The molecule has 21 heavy (non-hydrogen) atoms. The summed E-state index contributed by atoms with van der Waals surface area (Å²) in [6.07, 6.45) is 3.94. The predicted octanol–water partition coefficient (Wildman–Crippen LogP) is 2.27. The normalized spacial score (nSPS) is 15.4. The van der Waals surface area contributed by atoms with Crippen LogP contribution in [0.25, 0.3) is 11.3 Å². The molecule has 1 aliphatic carbocycles. The number of nitrogens with two attached hydrogens (primary N) is 1. The molecule has 1 aliphatic heterocycles. The van der Waals surface area contributed by atoms with E-state index < -0.39 is 5.91 Å². The van der Waals surface area contributed by atoms with E-state index in [1.165, 1.54) is 5.56 Å². The molecule has 2 heterocycles. The summed E-state index contributed by atoms with van der Waals surface area (Å²) in [5, 5.41) is 0. The monoisotopic (exact) mass is 280 g/mol. The average molecular weight is 280 g/mol. The van der Waals surface area contributed by atoms with Gasteiger partial charge in [0.05, 0.1) is 17.9 Å². The third-order valence-electron chi connectivity index (χ3n) is 4.29. The molecule has 4 heteroatoms. The fourth-order valence-corrected chi connectivity index (χ4v) is 3.27. The van der Waals surface area contributed by atoms with Crippen molar-refractivity contribution in [1.82, 2.24) is 4.98 Å². The summed E-state index contributed by atoms with van der Waals surface area (Å²) in [7, 11) is 0. The van der Waals surface area contributed by atoms with Gasteiger partial charge in [0.1, 0.15) is 5.75 Å². The SMILES string of the molecule is NC(=O)c1cc2c(nc1-c1cccc3c1OCC3)CCC2. The quantitative estimate of drug-likeness (QED) is 0.917. The molecule has 0 saturated heterocycles. The Morgan fingerprint density at radius 2 is 2.10 bits per heavy atom. The Bertz CT molecular complexity index is 753. The first-order chi connectivity index (χ1) is 10.2. The molecule has 4 rings (SSSR count). The minimum atomic E-state index is -0.428. The van der Waals surface area contributed by atoms with Gasteiger partial charge in [-0.15, -0.1) is 0 Å². The fourth-order valence-electron chi connectivity index (χ4n) is 3.27. The summed E-state index contributed by atoms with van der Waals surface area (Å²) in [6.45, 7) is 0.684. The number of hydrogen-bond donors (Lipinski definition) is 1. The molecule has 0 radical (unpaired) electrons. The van der Waals surface area contributed by atoms with E-state index in [9.17, 15) is 4.79 Å². The van der Waals surface area contributed by atoms with Crippen molar-refractivity contribution >= 4 is 5.91 Å². The molecule has 4 nitrogen and oxygen atoms in total. The number of aryl methyl sites for hydroxylation is 2. The minimum absolute atomic E-state index is 0.428. The molecule has 0 spiro atoms. The Morgan fingerprint density at radius 1 is 1.19 bits per heavy atom. The second kappa shape index (κ2) is 4.58. The van der Waals surface area contributed by atoms with Crippen LogP contribution in [0.2, 0.25) is 0 Å². The molecule has 0 atom stereocenters. The number of fused-ring (bicyclic) bond motifs is 2. The summed E-state index contributed by atoms with van der Waals surface area (Å²) in [4.78, 5) is 16.6. The third kappa shape index (κ3) is 1.90. The molecule has 0 unspecified atom stereocenters. The Hall–Kier alpha value is -2.36. The number of amides is 1. The van der Waals surface area contributed by atoms with Gasteiger partial charge in [0.2, 0.25) is 0 Å². The van der Waals surface area contributed by atoms with Crippen molar-refractivity contribution in [3.8, 4) is 17.0 Å². The van der Waals surface area contributed by atoms with Crippen molar-refractivity contribution in [3.63, 3.8) is 0 Å². The van der Waals surface area contributed by atoms with Crippen LogP contribution in [0.1, 0.15) is 33.6 Å². The Morgan fingerprint density at radius 3 is 2.95 bits per heavy atom. The molecule has 2 aliphatic rings. The summed E-state index contributed by atoms with van der Waals surface area (Å²) >= 11 is 0. The number of pyridine rings is 1. The number of hydrogen-bond acceptors (Lipinski definition) is 3. The van der Waals surface area contributed by atoms with Crippen LogP contribution >= 0.6 is 0 Å². The topological polar surface area (TPSA) is 65.2 Å². The Kier molecular flexibility index (Phi) is 2.70. The van der Waals surface area contributed by atoms with Crippen molar-refractivity contribution < 1.29 is 9.53 Å². The first kappa shape index (κ1) is 12.4. The lowest BCUT2D eigenvalue weighted by molar-refractivity contribution is 0.100. The highest BCUT2D eigenvalue weighted by Gasteiger charge is 2.24. The number of primary amides is 1. The van der Waals surface area contributed by atoms with Gasteiger partial charge < -0.3 is 10.5 Å². The van der Waals surface area contributed by atoms with E-state index in [1.807, 2.05) is 18.2 Å². The smallest absolute Gasteiger partial charge is 0.250 e. The molecule has 0 fully saturated rings. The summed E-state index contributed by atoms with van der Waals surface area (Å²) in [6, 6.07) is 7.92. The fraction of sp³-hybridized carbons (Fsp3) is 0.294. The summed E-state index contributed by atoms with van der Waals surface area (Å²) in [5.41, 5.74) is 11.0. The highest BCUT2D eigenvalue weighted by atomic mass is 16.5. The zero-order valence-corrected chi connectivity index (χ0v) is 11.7. The average Bonchev–Trinajstić information content (AvgIpc) is 3.13. The van der Waals surface area contributed by atoms with E-state index in [1.54, 1.807) is 0 Å². The van der Waals surface area contributed by atoms with E-state index in [-0.39, 0.29) is 0 Å². The third-order valence-corrected chi connectivity index (χ3v) is 4.29. The van der Waals surface area contributed by atoms with Crippen molar-refractivity contribution in [2.75, 3.05) is 6.61 Å². The molecule has 1 amide bonds. The molecular weight excluding hydrogens is 264 g/mol. The highest BCUT2D eigenvalue weighted by molar-refractivity contribution is 6.00. The predicted molar refractivity (Wildman–Crippen MR) is 79.4 cm³/mol. The van der Waals surface area contributed by atoms with Crippen LogP contribution in [0, 0.1) is 0 Å². The van der Waals surface area contributed by atoms with Crippen molar-refractivity contribution in [3.05, 3.63) is 46.6 Å². The number of rotatable bonds is 2. The van der Waals surface area contributed by atoms with Crippen molar-refractivity contribution in [2.45, 2.75) is 25.7 Å². The standard InChI is InChI=1S/C17H16N2O2/c18-17(20)13-9-11-4-2-6-14(11)19-15(13)12-5-1-3-10-7-8-21-16(10)12/h1,3,5,9H,2,4,6-8H2,(H2,18,20). The van der Waals surface area contributed by atoms with Crippen LogP contribution in [-0.4, -0.2) is 17.5 Å². The van der Waals surface area contributed by atoms with Gasteiger partial charge in [0.15, 0.2) is 0 Å². The summed E-state index contributed by atoms with van der Waals surface area (Å²) in [5.74, 6) is 0.424. The van der Waals surface area contributed by atoms with E-state index in [2.05, 4.69) is 6.07 Å².